The molecule has 3 nitrogen and oxygen atoms in total. The lowest BCUT2D eigenvalue weighted by Gasteiger charge is -2.20. The molecule has 0 fully saturated rings. The summed E-state index contributed by atoms with van der Waals surface area (Å²) < 4.78 is 0. The van der Waals surface area contributed by atoms with Crippen LogP contribution in [0.4, 0.5) is 0 Å². The van der Waals surface area contributed by atoms with Gasteiger partial charge in [-0.3, -0.25) is 4.79 Å². The molecule has 1 rings (SSSR count). The molecule has 0 saturated carbocycles. The van der Waals surface area contributed by atoms with Gasteiger partial charge in [-0.1, -0.05) is 25.4 Å². The van der Waals surface area contributed by atoms with Crippen molar-refractivity contribution in [3.8, 4) is 0 Å². The van der Waals surface area contributed by atoms with Crippen molar-refractivity contribution in [1.82, 2.24) is 5.32 Å². The largest absolute Gasteiger partial charge is 0.348 e. The minimum absolute atomic E-state index is 0.0122. The van der Waals surface area contributed by atoms with Crippen molar-refractivity contribution in [1.29, 1.82) is 0 Å². The van der Waals surface area contributed by atoms with Crippen LogP contribution in [-0.2, 0) is 0 Å². The number of nitrogens with two attached hydrogens (primary N) is 1. The summed E-state index contributed by atoms with van der Waals surface area (Å²) in [7, 11) is 0. The van der Waals surface area contributed by atoms with E-state index in [1.807, 2.05) is 32.9 Å². The van der Waals surface area contributed by atoms with Crippen LogP contribution in [0.2, 0.25) is 5.02 Å². The van der Waals surface area contributed by atoms with Crippen molar-refractivity contribution >= 4 is 17.5 Å². The normalized spacial score (nSPS) is 12.6. The van der Waals surface area contributed by atoms with E-state index < -0.39 is 0 Å². The molecule has 0 aliphatic heterocycles. The van der Waals surface area contributed by atoms with E-state index in [2.05, 4.69) is 5.32 Å². The Balaban J connectivity index is 2.82. The van der Waals surface area contributed by atoms with Crippen LogP contribution < -0.4 is 11.1 Å². The second kappa shape index (κ2) is 6.03. The van der Waals surface area contributed by atoms with E-state index in [4.69, 9.17) is 17.3 Å². The zero-order valence-corrected chi connectivity index (χ0v) is 11.2. The van der Waals surface area contributed by atoms with Crippen molar-refractivity contribution in [2.45, 2.75) is 26.8 Å². The molecule has 0 spiro atoms. The zero-order chi connectivity index (χ0) is 13.0. The number of rotatable bonds is 4. The topological polar surface area (TPSA) is 55.1 Å². The van der Waals surface area contributed by atoms with Gasteiger partial charge in [0.15, 0.2) is 0 Å². The molecule has 1 aromatic rings. The lowest BCUT2D eigenvalue weighted by molar-refractivity contribution is 0.0927. The van der Waals surface area contributed by atoms with E-state index >= 15 is 0 Å². The lowest BCUT2D eigenvalue weighted by atomic mass is 10.0. The van der Waals surface area contributed by atoms with E-state index in [0.29, 0.717) is 23.0 Å². The Morgan fingerprint density at radius 2 is 2.06 bits per heavy atom. The number of hydrogen-bond acceptors (Lipinski definition) is 2. The molecule has 4 heteroatoms. The standard InChI is InChI=1S/C13H19ClN2O/c1-8(2)12(7-15)16-13(17)10-4-9(3)5-11(14)6-10/h4-6,8,12H,7,15H2,1-3H3,(H,16,17). The molecule has 0 aromatic heterocycles. The quantitative estimate of drug-likeness (QED) is 0.867. The average molecular weight is 255 g/mol. The summed E-state index contributed by atoms with van der Waals surface area (Å²) in [6.07, 6.45) is 0. The predicted molar refractivity (Wildman–Crippen MR) is 71.3 cm³/mol. The smallest absolute Gasteiger partial charge is 0.251 e. The van der Waals surface area contributed by atoms with Crippen molar-refractivity contribution in [2.24, 2.45) is 11.7 Å². The third kappa shape index (κ3) is 4.02. The van der Waals surface area contributed by atoms with Crippen LogP contribution in [0, 0.1) is 12.8 Å². The molecule has 0 heterocycles. The number of benzene rings is 1. The Hall–Kier alpha value is -1.06. The van der Waals surface area contributed by atoms with Crippen LogP contribution in [0.15, 0.2) is 18.2 Å². The monoisotopic (exact) mass is 254 g/mol. The van der Waals surface area contributed by atoms with E-state index in [9.17, 15) is 4.79 Å². The highest BCUT2D eigenvalue weighted by atomic mass is 35.5. The number of halogens is 1. The third-order valence-corrected chi connectivity index (χ3v) is 2.90. The first kappa shape index (κ1) is 14.0. The van der Waals surface area contributed by atoms with E-state index in [1.165, 1.54) is 0 Å². The Morgan fingerprint density at radius 1 is 1.41 bits per heavy atom. The fourth-order valence-corrected chi connectivity index (χ4v) is 1.91. The maximum atomic E-state index is 12.0. The molecule has 0 radical (unpaired) electrons. The van der Waals surface area contributed by atoms with Crippen molar-refractivity contribution in [3.63, 3.8) is 0 Å². The number of amides is 1. The molecule has 3 N–H and O–H groups in total. The summed E-state index contributed by atoms with van der Waals surface area (Å²) in [5.41, 5.74) is 7.17. The van der Waals surface area contributed by atoms with Gasteiger partial charge in [0.05, 0.1) is 0 Å². The number of carbonyl (C=O) groups is 1. The van der Waals surface area contributed by atoms with Crippen LogP contribution in [0.1, 0.15) is 29.8 Å². The van der Waals surface area contributed by atoms with Gasteiger partial charge >= 0.3 is 0 Å². The van der Waals surface area contributed by atoms with Crippen molar-refractivity contribution in [2.75, 3.05) is 6.54 Å². The summed E-state index contributed by atoms with van der Waals surface area (Å²) in [4.78, 5) is 12.0. The van der Waals surface area contributed by atoms with Crippen LogP contribution in [0.3, 0.4) is 0 Å². The Labute approximate surface area is 107 Å². The first-order valence-electron chi connectivity index (χ1n) is 5.72. The van der Waals surface area contributed by atoms with Gasteiger partial charge in [0, 0.05) is 23.2 Å². The third-order valence-electron chi connectivity index (χ3n) is 2.68. The van der Waals surface area contributed by atoms with E-state index in [1.54, 1.807) is 6.07 Å². The molecule has 1 unspecified atom stereocenters. The SMILES string of the molecule is Cc1cc(Cl)cc(C(=O)NC(CN)C(C)C)c1. The highest BCUT2D eigenvalue weighted by molar-refractivity contribution is 6.31. The molecule has 17 heavy (non-hydrogen) atoms. The lowest BCUT2D eigenvalue weighted by Crippen LogP contribution is -2.43. The molecule has 1 amide bonds. The average Bonchev–Trinajstić information content (AvgIpc) is 2.23. The molecule has 0 saturated heterocycles. The minimum Gasteiger partial charge on any atom is -0.348 e. The van der Waals surface area contributed by atoms with Crippen LogP contribution in [-0.4, -0.2) is 18.5 Å². The molecular weight excluding hydrogens is 236 g/mol. The van der Waals surface area contributed by atoms with Crippen molar-refractivity contribution < 1.29 is 4.79 Å². The van der Waals surface area contributed by atoms with Gasteiger partial charge < -0.3 is 11.1 Å². The van der Waals surface area contributed by atoms with Gasteiger partial charge in [-0.25, -0.2) is 0 Å². The van der Waals surface area contributed by atoms with Gasteiger partial charge in [-0.15, -0.1) is 0 Å². The molecular formula is C13H19ClN2O. The number of nitrogens with one attached hydrogen (secondary N) is 1. The summed E-state index contributed by atoms with van der Waals surface area (Å²) in [5, 5.41) is 3.49. The molecule has 0 aliphatic rings. The summed E-state index contributed by atoms with van der Waals surface area (Å²) >= 11 is 5.92. The Morgan fingerprint density at radius 3 is 2.53 bits per heavy atom. The maximum absolute atomic E-state index is 12.0. The predicted octanol–water partition coefficient (Wildman–Crippen LogP) is 2.36. The Kier molecular flexibility index (Phi) is 4.97. The van der Waals surface area contributed by atoms with Gasteiger partial charge in [0.25, 0.3) is 5.91 Å². The Bertz CT molecular complexity index is 384. The van der Waals surface area contributed by atoms with Crippen molar-refractivity contribution in [3.05, 3.63) is 34.3 Å². The number of hydrogen-bond donors (Lipinski definition) is 2. The van der Waals surface area contributed by atoms with E-state index in [-0.39, 0.29) is 11.9 Å². The second-order valence-electron chi connectivity index (χ2n) is 4.58. The van der Waals surface area contributed by atoms with Gasteiger partial charge in [0.2, 0.25) is 0 Å². The summed E-state index contributed by atoms with van der Waals surface area (Å²) in [5.74, 6) is 0.184. The number of carbonyl (C=O) groups excluding carboxylic acids is 1. The van der Waals surface area contributed by atoms with Crippen LogP contribution >= 0.6 is 11.6 Å². The highest BCUT2D eigenvalue weighted by Gasteiger charge is 2.15. The first-order valence-corrected chi connectivity index (χ1v) is 6.10. The molecule has 0 bridgehead atoms. The second-order valence-corrected chi connectivity index (χ2v) is 5.01. The molecule has 1 aromatic carbocycles. The highest BCUT2D eigenvalue weighted by Crippen LogP contribution is 2.15. The van der Waals surface area contributed by atoms with E-state index in [0.717, 1.165) is 5.56 Å². The molecule has 94 valence electrons. The first-order chi connectivity index (χ1) is 7.93. The minimum atomic E-state index is -0.125. The summed E-state index contributed by atoms with van der Waals surface area (Å²) in [6, 6.07) is 5.29. The molecule has 0 aliphatic carbocycles. The molecule has 1 atom stereocenters. The van der Waals surface area contributed by atoms with Crippen LogP contribution in [0.5, 0.6) is 0 Å². The maximum Gasteiger partial charge on any atom is 0.251 e. The summed E-state index contributed by atoms with van der Waals surface area (Å²) in [6.45, 7) is 6.40. The fraction of sp³-hybridized carbons (Fsp3) is 0.462. The zero-order valence-electron chi connectivity index (χ0n) is 10.5. The fourth-order valence-electron chi connectivity index (χ4n) is 1.62. The van der Waals surface area contributed by atoms with Gasteiger partial charge in [-0.05, 0) is 36.6 Å². The van der Waals surface area contributed by atoms with Crippen LogP contribution in [0.25, 0.3) is 0 Å². The number of aryl methyl sites for hydroxylation is 1. The van der Waals surface area contributed by atoms with Gasteiger partial charge in [-0.2, -0.15) is 0 Å². The van der Waals surface area contributed by atoms with Gasteiger partial charge in [0.1, 0.15) is 0 Å².